The van der Waals surface area contributed by atoms with Crippen LogP contribution in [-0.2, 0) is 21.4 Å². The monoisotopic (exact) mass is 494 g/mol. The van der Waals surface area contributed by atoms with Crippen molar-refractivity contribution in [3.63, 3.8) is 0 Å². The number of carbonyl (C=O) groups is 1. The minimum absolute atomic E-state index is 0.0947. The van der Waals surface area contributed by atoms with Crippen LogP contribution in [0.25, 0.3) is 11.4 Å². The van der Waals surface area contributed by atoms with E-state index in [4.69, 9.17) is 9.26 Å². The molecule has 0 aliphatic rings. The summed E-state index contributed by atoms with van der Waals surface area (Å²) in [6.45, 7) is 3.67. The fourth-order valence-electron chi connectivity index (χ4n) is 3.33. The Morgan fingerprint density at radius 3 is 2.41 bits per heavy atom. The molecule has 0 aliphatic heterocycles. The van der Waals surface area contributed by atoms with Gasteiger partial charge in [-0.15, -0.1) is 0 Å². The van der Waals surface area contributed by atoms with E-state index in [1.54, 1.807) is 24.3 Å². The third-order valence-corrected chi connectivity index (χ3v) is 6.11. The molecule has 34 heavy (non-hydrogen) atoms. The number of amides is 1. The normalized spacial score (nSPS) is 12.3. The maximum Gasteiger partial charge on any atom is 0.246 e. The van der Waals surface area contributed by atoms with Crippen molar-refractivity contribution in [3.8, 4) is 17.1 Å². The van der Waals surface area contributed by atoms with Gasteiger partial charge in [0.15, 0.2) is 11.6 Å². The largest absolute Gasteiger partial charge is 0.494 e. The maximum atomic E-state index is 13.7. The molecule has 0 spiro atoms. The van der Waals surface area contributed by atoms with Crippen LogP contribution in [0.15, 0.2) is 47.0 Å². The van der Waals surface area contributed by atoms with Gasteiger partial charge in [0.1, 0.15) is 11.8 Å². The Balaban J connectivity index is 1.75. The van der Waals surface area contributed by atoms with E-state index in [9.17, 15) is 22.0 Å². The van der Waals surface area contributed by atoms with Gasteiger partial charge in [0.2, 0.25) is 27.6 Å². The Hall–Kier alpha value is -3.54. The second kappa shape index (κ2) is 10.2. The molecule has 182 valence electrons. The Bertz CT molecular complexity index is 1260. The summed E-state index contributed by atoms with van der Waals surface area (Å²) in [5.41, 5.74) is 0.508. The van der Waals surface area contributed by atoms with E-state index in [2.05, 4.69) is 10.1 Å². The molecule has 1 unspecified atom stereocenters. The molecule has 0 saturated heterocycles. The second-order valence-electron chi connectivity index (χ2n) is 7.50. The van der Waals surface area contributed by atoms with Gasteiger partial charge in [-0.1, -0.05) is 5.16 Å². The number of benzene rings is 2. The Kier molecular flexibility index (Phi) is 7.50. The van der Waals surface area contributed by atoms with Gasteiger partial charge in [0.05, 0.1) is 25.1 Å². The molecule has 12 heteroatoms. The molecular weight excluding hydrogens is 470 g/mol. The molecular formula is C22H24F2N4O5S. The summed E-state index contributed by atoms with van der Waals surface area (Å²) in [5, 5.41) is 3.91. The van der Waals surface area contributed by atoms with Crippen LogP contribution in [-0.4, -0.2) is 55.3 Å². The van der Waals surface area contributed by atoms with E-state index in [0.29, 0.717) is 23.7 Å². The first-order chi connectivity index (χ1) is 16.0. The molecule has 1 aromatic heterocycles. The molecule has 1 heterocycles. The van der Waals surface area contributed by atoms with Gasteiger partial charge in [-0.2, -0.15) is 4.98 Å². The predicted octanol–water partition coefficient (Wildman–Crippen LogP) is 3.23. The van der Waals surface area contributed by atoms with Crippen LogP contribution in [0.1, 0.15) is 19.7 Å². The highest BCUT2D eigenvalue weighted by molar-refractivity contribution is 7.92. The van der Waals surface area contributed by atoms with E-state index in [1.165, 1.54) is 18.9 Å². The maximum absolute atomic E-state index is 13.7. The Morgan fingerprint density at radius 2 is 1.82 bits per heavy atom. The predicted molar refractivity (Wildman–Crippen MR) is 121 cm³/mol. The average molecular weight is 495 g/mol. The third kappa shape index (κ3) is 5.68. The quantitative estimate of drug-likeness (QED) is 0.450. The van der Waals surface area contributed by atoms with Crippen molar-refractivity contribution >= 4 is 21.6 Å². The summed E-state index contributed by atoms with van der Waals surface area (Å²) in [4.78, 5) is 18.5. The molecule has 0 bridgehead atoms. The van der Waals surface area contributed by atoms with Crippen LogP contribution in [0, 0.1) is 11.6 Å². The van der Waals surface area contributed by atoms with E-state index in [-0.39, 0.29) is 18.1 Å². The number of aromatic nitrogens is 2. The molecule has 9 nitrogen and oxygen atoms in total. The lowest BCUT2D eigenvalue weighted by Gasteiger charge is -2.30. The van der Waals surface area contributed by atoms with Crippen LogP contribution < -0.4 is 9.04 Å². The van der Waals surface area contributed by atoms with Crippen molar-refractivity contribution in [1.29, 1.82) is 0 Å². The van der Waals surface area contributed by atoms with Gasteiger partial charge in [-0.05, 0) is 50.2 Å². The zero-order chi connectivity index (χ0) is 25.0. The summed E-state index contributed by atoms with van der Waals surface area (Å²) in [5.74, 6) is -1.83. The number of rotatable bonds is 9. The first kappa shape index (κ1) is 25.1. The lowest BCUT2D eigenvalue weighted by Crippen LogP contribution is -2.48. The number of likely N-dealkylation sites (N-methyl/N-ethyl adjacent to an activating group) is 1. The minimum Gasteiger partial charge on any atom is -0.494 e. The van der Waals surface area contributed by atoms with Crippen LogP contribution in [0.2, 0.25) is 0 Å². The zero-order valence-electron chi connectivity index (χ0n) is 19.0. The third-order valence-electron chi connectivity index (χ3n) is 4.86. The Labute approximate surface area is 196 Å². The topological polar surface area (TPSA) is 106 Å². The molecule has 3 aromatic rings. The summed E-state index contributed by atoms with van der Waals surface area (Å²) in [6.07, 6.45) is 0.874. The van der Waals surface area contributed by atoms with E-state index in [0.717, 1.165) is 28.8 Å². The lowest BCUT2D eigenvalue weighted by molar-refractivity contribution is -0.131. The fraction of sp³-hybridized carbons (Fsp3) is 0.318. The van der Waals surface area contributed by atoms with Crippen molar-refractivity contribution in [2.24, 2.45) is 0 Å². The number of carbonyl (C=O) groups excluding carboxylic acids is 1. The van der Waals surface area contributed by atoms with Gasteiger partial charge in [-0.3, -0.25) is 9.10 Å². The molecule has 0 fully saturated rings. The van der Waals surface area contributed by atoms with Gasteiger partial charge in [0, 0.05) is 18.7 Å². The molecule has 0 saturated carbocycles. The summed E-state index contributed by atoms with van der Waals surface area (Å²) >= 11 is 0. The van der Waals surface area contributed by atoms with Crippen molar-refractivity contribution in [1.82, 2.24) is 15.0 Å². The van der Waals surface area contributed by atoms with E-state index in [1.807, 2.05) is 6.92 Å². The van der Waals surface area contributed by atoms with Gasteiger partial charge in [0.25, 0.3) is 0 Å². The van der Waals surface area contributed by atoms with Gasteiger partial charge in [-0.25, -0.2) is 17.2 Å². The summed E-state index contributed by atoms with van der Waals surface area (Å²) in [7, 11) is -2.57. The van der Waals surface area contributed by atoms with E-state index < -0.39 is 33.6 Å². The SMILES string of the molecule is CCOc1ccc(-c2noc(CN(C)C(=O)C(C)N(c3ccc(F)c(F)c3)S(C)(=O)=O)n2)cc1. The second-order valence-corrected chi connectivity index (χ2v) is 9.36. The van der Waals surface area contributed by atoms with Crippen molar-refractivity contribution < 1.29 is 31.3 Å². The smallest absolute Gasteiger partial charge is 0.246 e. The number of ether oxygens (including phenoxy) is 1. The fourth-order valence-corrected chi connectivity index (χ4v) is 4.49. The average Bonchev–Trinajstić information content (AvgIpc) is 3.24. The first-order valence-corrected chi connectivity index (χ1v) is 12.1. The molecule has 0 N–H and O–H groups in total. The molecule has 1 amide bonds. The standard InChI is InChI=1S/C22H24F2N4O5S/c1-5-32-17-9-6-15(7-10-17)21-25-20(33-26-21)13-27(3)22(29)14(2)28(34(4,30)31)16-8-11-18(23)19(24)12-16/h6-12,14H,5,13H2,1-4H3. The number of hydrogen-bond donors (Lipinski definition) is 0. The number of sulfonamides is 1. The van der Waals surface area contributed by atoms with Crippen molar-refractivity contribution in [2.45, 2.75) is 26.4 Å². The van der Waals surface area contributed by atoms with Crippen molar-refractivity contribution in [2.75, 3.05) is 24.2 Å². The molecule has 1 atom stereocenters. The number of anilines is 1. The van der Waals surface area contributed by atoms with Gasteiger partial charge < -0.3 is 14.2 Å². The number of hydrogen-bond acceptors (Lipinski definition) is 7. The Morgan fingerprint density at radius 1 is 1.15 bits per heavy atom. The molecule has 0 aliphatic carbocycles. The minimum atomic E-state index is -4.00. The lowest BCUT2D eigenvalue weighted by atomic mass is 10.2. The van der Waals surface area contributed by atoms with Gasteiger partial charge >= 0.3 is 0 Å². The van der Waals surface area contributed by atoms with E-state index >= 15 is 0 Å². The van der Waals surface area contributed by atoms with Crippen LogP contribution >= 0.6 is 0 Å². The van der Waals surface area contributed by atoms with Crippen LogP contribution in [0.5, 0.6) is 5.75 Å². The summed E-state index contributed by atoms with van der Waals surface area (Å²) < 4.78 is 63.1. The highest BCUT2D eigenvalue weighted by Gasteiger charge is 2.32. The highest BCUT2D eigenvalue weighted by Crippen LogP contribution is 2.24. The first-order valence-electron chi connectivity index (χ1n) is 10.3. The molecule has 2 aromatic carbocycles. The highest BCUT2D eigenvalue weighted by atomic mass is 32.2. The summed E-state index contributed by atoms with van der Waals surface area (Å²) in [6, 6.07) is 8.42. The van der Waals surface area contributed by atoms with Crippen molar-refractivity contribution in [3.05, 3.63) is 60.0 Å². The molecule has 3 rings (SSSR count). The van der Waals surface area contributed by atoms with Crippen LogP contribution in [0.4, 0.5) is 14.5 Å². The zero-order valence-corrected chi connectivity index (χ0v) is 19.8. The number of nitrogens with zero attached hydrogens (tertiary/aromatic N) is 4. The van der Waals surface area contributed by atoms with Crippen LogP contribution in [0.3, 0.4) is 0 Å². The molecule has 0 radical (unpaired) electrons. The number of halogens is 2.